The highest BCUT2D eigenvalue weighted by atomic mass is 16.6. The van der Waals surface area contributed by atoms with Crippen molar-refractivity contribution in [1.82, 2.24) is 15.1 Å². The Morgan fingerprint density at radius 1 is 1.24 bits per heavy atom. The Balaban J connectivity index is 1.66. The summed E-state index contributed by atoms with van der Waals surface area (Å²) in [5.41, 5.74) is 1.39. The van der Waals surface area contributed by atoms with Gasteiger partial charge in [0.1, 0.15) is 0 Å². The molecule has 3 rings (SSSR count). The molecule has 0 aliphatic carbocycles. The SMILES string of the molecule is O=C(NCc1cnn(-c2ccccc2)c1)c1ccc([N+](=O)[O-])c(O)c1. The highest BCUT2D eigenvalue weighted by Gasteiger charge is 2.16. The molecule has 0 bridgehead atoms. The van der Waals surface area contributed by atoms with Crippen molar-refractivity contribution in [2.45, 2.75) is 6.54 Å². The van der Waals surface area contributed by atoms with E-state index in [2.05, 4.69) is 10.4 Å². The van der Waals surface area contributed by atoms with Gasteiger partial charge in [-0.1, -0.05) is 18.2 Å². The molecule has 0 aliphatic rings. The number of nitro benzene ring substituents is 1. The molecule has 25 heavy (non-hydrogen) atoms. The summed E-state index contributed by atoms with van der Waals surface area (Å²) in [6, 6.07) is 13.0. The molecule has 1 heterocycles. The second kappa shape index (κ2) is 6.83. The molecule has 1 amide bonds. The number of benzene rings is 2. The number of aromatic hydroxyl groups is 1. The van der Waals surface area contributed by atoms with E-state index in [1.165, 1.54) is 6.07 Å². The number of amides is 1. The Hall–Kier alpha value is -3.68. The summed E-state index contributed by atoms with van der Waals surface area (Å²) in [5, 5.41) is 27.2. The minimum atomic E-state index is -0.713. The first-order chi connectivity index (χ1) is 12.0. The van der Waals surface area contributed by atoms with E-state index in [1.807, 2.05) is 30.3 Å². The van der Waals surface area contributed by atoms with Crippen LogP contribution in [0.1, 0.15) is 15.9 Å². The summed E-state index contributed by atoms with van der Waals surface area (Å²) in [4.78, 5) is 22.1. The smallest absolute Gasteiger partial charge is 0.310 e. The lowest BCUT2D eigenvalue weighted by atomic mass is 10.1. The average Bonchev–Trinajstić information content (AvgIpc) is 3.09. The third kappa shape index (κ3) is 3.63. The molecule has 0 unspecified atom stereocenters. The van der Waals surface area contributed by atoms with Gasteiger partial charge in [-0.05, 0) is 24.3 Å². The molecular weight excluding hydrogens is 324 g/mol. The predicted octanol–water partition coefficient (Wildman–Crippen LogP) is 2.42. The standard InChI is InChI=1S/C17H14N4O4/c22-16-8-13(6-7-15(16)21(24)25)17(23)18-9-12-10-19-20(11-12)14-4-2-1-3-5-14/h1-8,10-11,22H,9H2,(H,18,23). The highest BCUT2D eigenvalue weighted by Crippen LogP contribution is 2.26. The van der Waals surface area contributed by atoms with E-state index in [0.29, 0.717) is 0 Å². The van der Waals surface area contributed by atoms with Crippen LogP contribution >= 0.6 is 0 Å². The Labute approximate surface area is 142 Å². The van der Waals surface area contributed by atoms with E-state index in [9.17, 15) is 20.0 Å². The van der Waals surface area contributed by atoms with Gasteiger partial charge < -0.3 is 10.4 Å². The zero-order valence-corrected chi connectivity index (χ0v) is 13.0. The fourth-order valence-corrected chi connectivity index (χ4v) is 2.28. The van der Waals surface area contributed by atoms with Gasteiger partial charge in [-0.25, -0.2) is 4.68 Å². The van der Waals surface area contributed by atoms with E-state index in [4.69, 9.17) is 0 Å². The van der Waals surface area contributed by atoms with Crippen LogP contribution in [-0.4, -0.2) is 25.7 Å². The van der Waals surface area contributed by atoms with Crippen LogP contribution in [0.2, 0.25) is 0 Å². The number of carbonyl (C=O) groups excluding carboxylic acids is 1. The molecule has 0 saturated carbocycles. The summed E-state index contributed by atoms with van der Waals surface area (Å²) < 4.78 is 1.69. The normalized spacial score (nSPS) is 10.4. The van der Waals surface area contributed by atoms with Crippen LogP contribution in [0.4, 0.5) is 5.69 Å². The lowest BCUT2D eigenvalue weighted by Crippen LogP contribution is -2.22. The fraction of sp³-hybridized carbons (Fsp3) is 0.0588. The van der Waals surface area contributed by atoms with Crippen molar-refractivity contribution >= 4 is 11.6 Å². The fourth-order valence-electron chi connectivity index (χ4n) is 2.28. The van der Waals surface area contributed by atoms with Gasteiger partial charge in [0.05, 0.1) is 16.8 Å². The first-order valence-corrected chi connectivity index (χ1v) is 7.39. The summed E-state index contributed by atoms with van der Waals surface area (Å²) in [7, 11) is 0. The third-order valence-electron chi connectivity index (χ3n) is 3.54. The summed E-state index contributed by atoms with van der Waals surface area (Å²) in [6.07, 6.45) is 3.43. The van der Waals surface area contributed by atoms with Crippen molar-refractivity contribution in [1.29, 1.82) is 0 Å². The largest absolute Gasteiger partial charge is 0.502 e. The number of hydrogen-bond acceptors (Lipinski definition) is 5. The first kappa shape index (κ1) is 16.2. The van der Waals surface area contributed by atoms with Crippen LogP contribution in [-0.2, 0) is 6.54 Å². The van der Waals surface area contributed by atoms with Crippen LogP contribution < -0.4 is 5.32 Å². The number of nitrogens with one attached hydrogen (secondary N) is 1. The quantitative estimate of drug-likeness (QED) is 0.548. The van der Waals surface area contributed by atoms with Gasteiger partial charge in [-0.15, -0.1) is 0 Å². The zero-order valence-electron chi connectivity index (χ0n) is 13.0. The lowest BCUT2D eigenvalue weighted by Gasteiger charge is -2.04. The molecule has 0 spiro atoms. The van der Waals surface area contributed by atoms with Crippen molar-refractivity contribution in [3.63, 3.8) is 0 Å². The van der Waals surface area contributed by atoms with E-state index >= 15 is 0 Å². The molecule has 2 N–H and O–H groups in total. The molecule has 8 heteroatoms. The molecular formula is C17H14N4O4. The van der Waals surface area contributed by atoms with Crippen molar-refractivity contribution in [3.05, 3.63) is 82.2 Å². The van der Waals surface area contributed by atoms with E-state index in [0.717, 1.165) is 23.4 Å². The molecule has 0 aliphatic heterocycles. The molecule has 0 radical (unpaired) electrons. The summed E-state index contributed by atoms with van der Waals surface area (Å²) in [5.74, 6) is -0.993. The number of para-hydroxylation sites is 1. The Bertz CT molecular complexity index is 921. The maximum absolute atomic E-state index is 12.1. The minimum Gasteiger partial charge on any atom is -0.502 e. The monoisotopic (exact) mass is 338 g/mol. The summed E-state index contributed by atoms with van der Waals surface area (Å²) >= 11 is 0. The number of nitrogens with zero attached hydrogens (tertiary/aromatic N) is 3. The molecule has 126 valence electrons. The molecule has 0 saturated heterocycles. The lowest BCUT2D eigenvalue weighted by molar-refractivity contribution is -0.385. The highest BCUT2D eigenvalue weighted by molar-refractivity contribution is 5.94. The van der Waals surface area contributed by atoms with E-state index in [-0.39, 0.29) is 12.1 Å². The minimum absolute atomic E-state index is 0.138. The number of aromatic nitrogens is 2. The Morgan fingerprint density at radius 2 is 2.00 bits per heavy atom. The first-order valence-electron chi connectivity index (χ1n) is 7.39. The average molecular weight is 338 g/mol. The third-order valence-corrected chi connectivity index (χ3v) is 3.54. The van der Waals surface area contributed by atoms with Crippen LogP contribution in [0.3, 0.4) is 0 Å². The number of carbonyl (C=O) groups is 1. The number of rotatable bonds is 5. The Morgan fingerprint density at radius 3 is 2.68 bits per heavy atom. The predicted molar refractivity (Wildman–Crippen MR) is 89.5 cm³/mol. The maximum Gasteiger partial charge on any atom is 0.310 e. The van der Waals surface area contributed by atoms with Crippen LogP contribution in [0, 0.1) is 10.1 Å². The number of phenolic OH excluding ortho intramolecular Hbond substituents is 1. The van der Waals surface area contributed by atoms with Crippen LogP contribution in [0.25, 0.3) is 5.69 Å². The molecule has 0 atom stereocenters. The van der Waals surface area contributed by atoms with Crippen molar-refractivity contribution in [2.75, 3.05) is 0 Å². The van der Waals surface area contributed by atoms with Crippen LogP contribution in [0.5, 0.6) is 5.75 Å². The van der Waals surface area contributed by atoms with Gasteiger partial charge in [0, 0.05) is 29.9 Å². The second-order valence-corrected chi connectivity index (χ2v) is 5.27. The van der Waals surface area contributed by atoms with Gasteiger partial charge >= 0.3 is 5.69 Å². The van der Waals surface area contributed by atoms with Gasteiger partial charge in [-0.2, -0.15) is 5.10 Å². The van der Waals surface area contributed by atoms with Gasteiger partial charge in [0.15, 0.2) is 5.75 Å². The second-order valence-electron chi connectivity index (χ2n) is 5.27. The van der Waals surface area contributed by atoms with Crippen molar-refractivity contribution in [2.24, 2.45) is 0 Å². The topological polar surface area (TPSA) is 110 Å². The van der Waals surface area contributed by atoms with Gasteiger partial charge in [-0.3, -0.25) is 14.9 Å². The van der Waals surface area contributed by atoms with Crippen molar-refractivity contribution in [3.8, 4) is 11.4 Å². The molecule has 2 aromatic carbocycles. The van der Waals surface area contributed by atoms with Gasteiger partial charge in [0.2, 0.25) is 0 Å². The molecule has 8 nitrogen and oxygen atoms in total. The number of phenols is 1. The van der Waals surface area contributed by atoms with Crippen LogP contribution in [0.15, 0.2) is 60.9 Å². The van der Waals surface area contributed by atoms with E-state index in [1.54, 1.807) is 17.1 Å². The maximum atomic E-state index is 12.1. The molecule has 3 aromatic rings. The van der Waals surface area contributed by atoms with E-state index < -0.39 is 22.3 Å². The Kier molecular flexibility index (Phi) is 4.42. The molecule has 0 fully saturated rings. The van der Waals surface area contributed by atoms with Gasteiger partial charge in [0.25, 0.3) is 5.91 Å². The summed E-state index contributed by atoms with van der Waals surface area (Å²) in [6.45, 7) is 0.240. The van der Waals surface area contributed by atoms with Crippen molar-refractivity contribution < 1.29 is 14.8 Å². The number of hydrogen-bond donors (Lipinski definition) is 2. The number of nitro groups is 1. The zero-order chi connectivity index (χ0) is 17.8. The molecule has 1 aromatic heterocycles.